The standard InChI is InChI=1S/C11H13NO4/c1-12(7-10(13)14)11(15)16-8-9-5-3-2-4-6-9/h2-6H,7-8H2,1H3,(H,13,14)/p-1. The van der Waals surface area contributed by atoms with Crippen molar-refractivity contribution >= 4 is 12.1 Å². The van der Waals surface area contributed by atoms with Crippen LogP contribution in [0.1, 0.15) is 5.56 Å². The third kappa shape index (κ3) is 4.00. The summed E-state index contributed by atoms with van der Waals surface area (Å²) in [5, 5.41) is 10.2. The Balaban J connectivity index is 2.38. The van der Waals surface area contributed by atoms with Crippen molar-refractivity contribution in [3.8, 4) is 0 Å². The molecule has 16 heavy (non-hydrogen) atoms. The zero-order chi connectivity index (χ0) is 12.0. The molecule has 1 aromatic carbocycles. The first-order valence-corrected chi connectivity index (χ1v) is 4.71. The molecule has 0 aliphatic rings. The van der Waals surface area contributed by atoms with E-state index in [4.69, 9.17) is 4.74 Å². The number of carbonyl (C=O) groups excluding carboxylic acids is 2. The van der Waals surface area contributed by atoms with Gasteiger partial charge in [-0.2, -0.15) is 0 Å². The second-order valence-corrected chi connectivity index (χ2v) is 3.27. The molecule has 1 aromatic rings. The highest BCUT2D eigenvalue weighted by Gasteiger charge is 2.09. The number of nitrogens with zero attached hydrogens (tertiary/aromatic N) is 1. The predicted molar refractivity (Wildman–Crippen MR) is 54.3 cm³/mol. The Bertz CT molecular complexity index is 364. The average Bonchev–Trinajstić information content (AvgIpc) is 2.26. The zero-order valence-corrected chi connectivity index (χ0v) is 8.88. The first kappa shape index (κ1) is 12.0. The summed E-state index contributed by atoms with van der Waals surface area (Å²) in [6.07, 6.45) is -0.687. The van der Waals surface area contributed by atoms with Gasteiger partial charge in [0.2, 0.25) is 0 Å². The molecule has 0 saturated heterocycles. The molecule has 0 unspecified atom stereocenters. The third-order valence-electron chi connectivity index (χ3n) is 1.88. The second-order valence-electron chi connectivity index (χ2n) is 3.27. The van der Waals surface area contributed by atoms with Gasteiger partial charge in [0.1, 0.15) is 6.61 Å². The van der Waals surface area contributed by atoms with Gasteiger partial charge >= 0.3 is 6.09 Å². The summed E-state index contributed by atoms with van der Waals surface area (Å²) in [5.74, 6) is -1.32. The summed E-state index contributed by atoms with van der Waals surface area (Å²) in [4.78, 5) is 22.4. The van der Waals surface area contributed by atoms with Gasteiger partial charge in [0.15, 0.2) is 0 Å². The number of carbonyl (C=O) groups is 2. The molecular weight excluding hydrogens is 210 g/mol. The van der Waals surface area contributed by atoms with Gasteiger partial charge in [0.05, 0.1) is 12.5 Å². The first-order valence-electron chi connectivity index (χ1n) is 4.71. The van der Waals surface area contributed by atoms with E-state index in [1.54, 1.807) is 0 Å². The number of carboxylic acids is 1. The molecule has 1 rings (SSSR count). The van der Waals surface area contributed by atoms with Crippen molar-refractivity contribution in [1.82, 2.24) is 4.90 Å². The van der Waals surface area contributed by atoms with Crippen LogP contribution in [0.15, 0.2) is 30.3 Å². The minimum atomic E-state index is -1.32. The molecule has 0 saturated carbocycles. The fourth-order valence-electron chi connectivity index (χ4n) is 1.09. The molecule has 0 bridgehead atoms. The van der Waals surface area contributed by atoms with Gasteiger partial charge < -0.3 is 19.5 Å². The van der Waals surface area contributed by atoms with E-state index in [9.17, 15) is 14.7 Å². The van der Waals surface area contributed by atoms with Gasteiger partial charge in [0.25, 0.3) is 0 Å². The lowest BCUT2D eigenvalue weighted by molar-refractivity contribution is -0.305. The highest BCUT2D eigenvalue weighted by atomic mass is 16.6. The number of hydrogen-bond acceptors (Lipinski definition) is 4. The van der Waals surface area contributed by atoms with Crippen molar-refractivity contribution in [1.29, 1.82) is 0 Å². The van der Waals surface area contributed by atoms with Crippen molar-refractivity contribution in [3.63, 3.8) is 0 Å². The topological polar surface area (TPSA) is 69.7 Å². The molecule has 86 valence electrons. The normalized spacial score (nSPS) is 9.56. The molecule has 0 radical (unpaired) electrons. The molecule has 1 amide bonds. The molecule has 5 heteroatoms. The number of carboxylic acid groups (broad SMARTS) is 1. The van der Waals surface area contributed by atoms with Crippen LogP contribution in [0.25, 0.3) is 0 Å². The Morgan fingerprint density at radius 2 is 1.94 bits per heavy atom. The molecule has 5 nitrogen and oxygen atoms in total. The van der Waals surface area contributed by atoms with Gasteiger partial charge in [0, 0.05) is 7.05 Å². The molecule has 0 aromatic heterocycles. The van der Waals surface area contributed by atoms with Crippen LogP contribution in [0.5, 0.6) is 0 Å². The maximum Gasteiger partial charge on any atom is 0.410 e. The Morgan fingerprint density at radius 3 is 2.50 bits per heavy atom. The maximum atomic E-state index is 11.3. The molecule has 0 atom stereocenters. The molecule has 0 spiro atoms. The number of hydrogen-bond donors (Lipinski definition) is 0. The van der Waals surface area contributed by atoms with Crippen molar-refractivity contribution in [2.45, 2.75) is 6.61 Å². The minimum absolute atomic E-state index is 0.122. The lowest BCUT2D eigenvalue weighted by Crippen LogP contribution is -2.39. The number of benzene rings is 1. The smallest absolute Gasteiger partial charge is 0.410 e. The molecular formula is C11H12NO4-. The van der Waals surface area contributed by atoms with Crippen LogP contribution >= 0.6 is 0 Å². The fraction of sp³-hybridized carbons (Fsp3) is 0.273. The van der Waals surface area contributed by atoms with Crippen molar-refractivity contribution in [2.24, 2.45) is 0 Å². The van der Waals surface area contributed by atoms with Crippen LogP contribution in [-0.2, 0) is 16.1 Å². The number of aliphatic carboxylic acids is 1. The van der Waals surface area contributed by atoms with E-state index >= 15 is 0 Å². The minimum Gasteiger partial charge on any atom is -0.548 e. The highest BCUT2D eigenvalue weighted by Crippen LogP contribution is 2.02. The van der Waals surface area contributed by atoms with Gasteiger partial charge in [-0.1, -0.05) is 30.3 Å². The Labute approximate surface area is 93.2 Å². The van der Waals surface area contributed by atoms with E-state index in [0.717, 1.165) is 10.5 Å². The summed E-state index contributed by atoms with van der Waals surface area (Å²) in [7, 11) is 1.34. The van der Waals surface area contributed by atoms with Gasteiger partial charge in [-0.25, -0.2) is 4.79 Å². The van der Waals surface area contributed by atoms with Crippen molar-refractivity contribution in [2.75, 3.05) is 13.6 Å². The quantitative estimate of drug-likeness (QED) is 0.719. The van der Waals surface area contributed by atoms with Crippen LogP contribution < -0.4 is 5.11 Å². The summed E-state index contributed by atoms with van der Waals surface area (Å²) in [6, 6.07) is 9.13. The van der Waals surface area contributed by atoms with Gasteiger partial charge in [-0.15, -0.1) is 0 Å². The third-order valence-corrected chi connectivity index (χ3v) is 1.88. The van der Waals surface area contributed by atoms with E-state index in [2.05, 4.69) is 0 Å². The van der Waals surface area contributed by atoms with Crippen LogP contribution in [0.4, 0.5) is 4.79 Å². The van der Waals surface area contributed by atoms with Crippen LogP contribution in [-0.4, -0.2) is 30.6 Å². The summed E-state index contributed by atoms with van der Waals surface area (Å²) < 4.78 is 4.89. The average molecular weight is 222 g/mol. The lowest BCUT2D eigenvalue weighted by Gasteiger charge is -2.17. The van der Waals surface area contributed by atoms with E-state index in [1.165, 1.54) is 7.05 Å². The fourth-order valence-corrected chi connectivity index (χ4v) is 1.09. The number of rotatable bonds is 4. The summed E-state index contributed by atoms with van der Waals surface area (Å²) >= 11 is 0. The zero-order valence-electron chi connectivity index (χ0n) is 8.88. The molecule has 0 heterocycles. The molecule has 0 fully saturated rings. The Hall–Kier alpha value is -2.04. The van der Waals surface area contributed by atoms with Crippen LogP contribution in [0.3, 0.4) is 0 Å². The largest absolute Gasteiger partial charge is 0.548 e. The predicted octanol–water partition coefficient (Wildman–Crippen LogP) is 0.00490. The maximum absolute atomic E-state index is 11.3. The van der Waals surface area contributed by atoms with Gasteiger partial charge in [-0.05, 0) is 5.56 Å². The lowest BCUT2D eigenvalue weighted by atomic mass is 10.2. The van der Waals surface area contributed by atoms with E-state index in [0.29, 0.717) is 0 Å². The van der Waals surface area contributed by atoms with E-state index in [1.807, 2.05) is 30.3 Å². The van der Waals surface area contributed by atoms with E-state index in [-0.39, 0.29) is 6.61 Å². The van der Waals surface area contributed by atoms with Gasteiger partial charge in [-0.3, -0.25) is 0 Å². The van der Waals surface area contributed by atoms with Crippen LogP contribution in [0.2, 0.25) is 0 Å². The Kier molecular flexibility index (Phi) is 4.32. The number of amides is 1. The van der Waals surface area contributed by atoms with Crippen molar-refractivity contribution in [3.05, 3.63) is 35.9 Å². The monoisotopic (exact) mass is 222 g/mol. The van der Waals surface area contributed by atoms with E-state index < -0.39 is 18.6 Å². The number of ether oxygens (including phenoxy) is 1. The molecule has 0 N–H and O–H groups in total. The number of likely N-dealkylation sites (N-methyl/N-ethyl adjacent to an activating group) is 1. The molecule has 0 aliphatic carbocycles. The molecule has 0 aliphatic heterocycles. The van der Waals surface area contributed by atoms with Crippen LogP contribution in [0, 0.1) is 0 Å². The second kappa shape index (κ2) is 5.75. The summed E-state index contributed by atoms with van der Waals surface area (Å²) in [6.45, 7) is -0.356. The highest BCUT2D eigenvalue weighted by molar-refractivity contribution is 5.75. The van der Waals surface area contributed by atoms with Crippen molar-refractivity contribution < 1.29 is 19.4 Å². The SMILES string of the molecule is CN(CC(=O)[O-])C(=O)OCc1ccccc1. The first-order chi connectivity index (χ1) is 7.59. The Morgan fingerprint density at radius 1 is 1.31 bits per heavy atom. The summed E-state index contributed by atoms with van der Waals surface area (Å²) in [5.41, 5.74) is 0.845.